The summed E-state index contributed by atoms with van der Waals surface area (Å²) >= 11 is 5.87. The highest BCUT2D eigenvalue weighted by Crippen LogP contribution is 2.25. The maximum absolute atomic E-state index is 13.8. The lowest BCUT2D eigenvalue weighted by molar-refractivity contribution is 0.274. The highest BCUT2D eigenvalue weighted by molar-refractivity contribution is 6.30. The van der Waals surface area contributed by atoms with E-state index in [1.807, 2.05) is 31.2 Å². The molecule has 2 N–H and O–H groups in total. The molecule has 0 bridgehead atoms. The van der Waals surface area contributed by atoms with Crippen molar-refractivity contribution >= 4 is 17.3 Å². The third-order valence-corrected chi connectivity index (χ3v) is 3.11. The summed E-state index contributed by atoms with van der Waals surface area (Å²) in [5.41, 5.74) is 2.28. The Balaban J connectivity index is 2.27. The average Bonchev–Trinajstić information content (AvgIpc) is 2.39. The van der Waals surface area contributed by atoms with Crippen LogP contribution >= 0.6 is 11.6 Å². The van der Waals surface area contributed by atoms with Gasteiger partial charge in [-0.25, -0.2) is 4.39 Å². The summed E-state index contributed by atoms with van der Waals surface area (Å²) in [5, 5.41) is 13.0. The van der Waals surface area contributed by atoms with Gasteiger partial charge in [-0.05, 0) is 42.8 Å². The molecule has 0 radical (unpaired) electrons. The van der Waals surface area contributed by atoms with Gasteiger partial charge in [0.15, 0.2) is 0 Å². The minimum absolute atomic E-state index is 0.217. The van der Waals surface area contributed by atoms with Crippen LogP contribution in [0.5, 0.6) is 0 Å². The zero-order chi connectivity index (χ0) is 13.8. The van der Waals surface area contributed by atoms with Gasteiger partial charge in [0.1, 0.15) is 5.82 Å². The molecule has 2 aromatic rings. The molecule has 1 atom stereocenters. The fourth-order valence-electron chi connectivity index (χ4n) is 1.94. The number of nitrogens with one attached hydrogen (secondary N) is 1. The van der Waals surface area contributed by atoms with Gasteiger partial charge in [0.2, 0.25) is 0 Å². The van der Waals surface area contributed by atoms with Gasteiger partial charge in [-0.2, -0.15) is 0 Å². The van der Waals surface area contributed by atoms with Crippen molar-refractivity contribution in [2.45, 2.75) is 13.0 Å². The molecule has 0 aliphatic rings. The van der Waals surface area contributed by atoms with Crippen molar-refractivity contribution < 1.29 is 9.50 Å². The van der Waals surface area contributed by atoms with Crippen LogP contribution in [0, 0.1) is 12.7 Å². The molecular weight excluding hydrogens is 265 g/mol. The molecule has 2 rings (SSSR count). The van der Waals surface area contributed by atoms with Crippen LogP contribution in [0.3, 0.4) is 0 Å². The second-order valence-corrected chi connectivity index (χ2v) is 4.85. The number of rotatable bonds is 4. The van der Waals surface area contributed by atoms with E-state index in [2.05, 4.69) is 5.32 Å². The van der Waals surface area contributed by atoms with E-state index >= 15 is 0 Å². The molecule has 1 unspecified atom stereocenters. The Morgan fingerprint density at radius 3 is 2.74 bits per heavy atom. The Bertz CT molecular complexity index is 574. The maximum atomic E-state index is 13.8. The second kappa shape index (κ2) is 6.04. The number of aliphatic hydroxyl groups excluding tert-OH is 1. The molecule has 0 heterocycles. The summed E-state index contributed by atoms with van der Waals surface area (Å²) in [6, 6.07) is 11.5. The minimum atomic E-state index is -0.527. The smallest absolute Gasteiger partial charge is 0.128 e. The molecule has 0 aliphatic heterocycles. The van der Waals surface area contributed by atoms with Gasteiger partial charge >= 0.3 is 0 Å². The molecule has 0 saturated carbocycles. The number of hydrogen-bond donors (Lipinski definition) is 2. The summed E-state index contributed by atoms with van der Waals surface area (Å²) < 4.78 is 13.8. The van der Waals surface area contributed by atoms with E-state index in [1.165, 1.54) is 18.2 Å². The Labute approximate surface area is 116 Å². The van der Waals surface area contributed by atoms with Crippen LogP contribution in [-0.2, 0) is 0 Å². The predicted molar refractivity (Wildman–Crippen MR) is 76.0 cm³/mol. The van der Waals surface area contributed by atoms with E-state index in [9.17, 15) is 9.50 Å². The molecule has 2 aromatic carbocycles. The molecule has 2 nitrogen and oxygen atoms in total. The Morgan fingerprint density at radius 2 is 2.05 bits per heavy atom. The van der Waals surface area contributed by atoms with Crippen molar-refractivity contribution in [1.29, 1.82) is 0 Å². The molecule has 0 aromatic heterocycles. The van der Waals surface area contributed by atoms with Crippen LogP contribution in [0.15, 0.2) is 42.5 Å². The third-order valence-electron chi connectivity index (χ3n) is 2.88. The molecule has 0 aliphatic carbocycles. The Morgan fingerprint density at radius 1 is 1.26 bits per heavy atom. The minimum Gasteiger partial charge on any atom is -0.394 e. The van der Waals surface area contributed by atoms with Gasteiger partial charge < -0.3 is 10.4 Å². The normalized spacial score (nSPS) is 12.2. The Hall–Kier alpha value is -1.58. The van der Waals surface area contributed by atoms with E-state index in [-0.39, 0.29) is 12.4 Å². The van der Waals surface area contributed by atoms with Crippen LogP contribution in [-0.4, -0.2) is 11.7 Å². The van der Waals surface area contributed by atoms with Gasteiger partial charge in [-0.15, -0.1) is 0 Å². The van der Waals surface area contributed by atoms with Crippen molar-refractivity contribution in [3.05, 3.63) is 64.4 Å². The SMILES string of the molecule is Cc1cccc(NC(CO)c2cc(Cl)ccc2F)c1. The average molecular weight is 280 g/mol. The van der Waals surface area contributed by atoms with Gasteiger partial charge in [0.05, 0.1) is 12.6 Å². The van der Waals surface area contributed by atoms with Gasteiger partial charge in [-0.3, -0.25) is 0 Å². The molecule has 0 amide bonds. The first-order valence-electron chi connectivity index (χ1n) is 5.99. The van der Waals surface area contributed by atoms with Crippen molar-refractivity contribution in [2.75, 3.05) is 11.9 Å². The lowest BCUT2D eigenvalue weighted by atomic mass is 10.1. The number of aryl methyl sites for hydroxylation is 1. The fraction of sp³-hybridized carbons (Fsp3) is 0.200. The van der Waals surface area contributed by atoms with E-state index in [0.717, 1.165) is 11.3 Å². The fourth-order valence-corrected chi connectivity index (χ4v) is 2.12. The molecule has 0 spiro atoms. The topological polar surface area (TPSA) is 32.3 Å². The Kier molecular flexibility index (Phi) is 4.40. The quantitative estimate of drug-likeness (QED) is 0.889. The van der Waals surface area contributed by atoms with E-state index in [1.54, 1.807) is 0 Å². The lowest BCUT2D eigenvalue weighted by Crippen LogP contribution is -2.16. The summed E-state index contributed by atoms with van der Waals surface area (Å²) in [7, 11) is 0. The maximum Gasteiger partial charge on any atom is 0.128 e. The number of aliphatic hydroxyl groups is 1. The van der Waals surface area contributed by atoms with Crippen LogP contribution in [0.2, 0.25) is 5.02 Å². The molecule has 0 fully saturated rings. The van der Waals surface area contributed by atoms with Gasteiger partial charge in [0.25, 0.3) is 0 Å². The van der Waals surface area contributed by atoms with Crippen LogP contribution in [0.4, 0.5) is 10.1 Å². The third kappa shape index (κ3) is 3.46. The molecular formula is C15H15ClFNO. The summed E-state index contributed by atoms with van der Waals surface area (Å²) in [5.74, 6) is -0.386. The first-order chi connectivity index (χ1) is 9.10. The number of anilines is 1. The van der Waals surface area contributed by atoms with Gasteiger partial charge in [0, 0.05) is 16.3 Å². The van der Waals surface area contributed by atoms with Crippen molar-refractivity contribution in [3.8, 4) is 0 Å². The highest BCUT2D eigenvalue weighted by Gasteiger charge is 2.15. The predicted octanol–water partition coefficient (Wildman–Crippen LogP) is 3.93. The van der Waals surface area contributed by atoms with Crippen molar-refractivity contribution in [1.82, 2.24) is 0 Å². The summed E-state index contributed by atoms with van der Waals surface area (Å²) in [6.07, 6.45) is 0. The largest absolute Gasteiger partial charge is 0.394 e. The molecule has 4 heteroatoms. The monoisotopic (exact) mass is 279 g/mol. The number of benzene rings is 2. The van der Waals surface area contributed by atoms with E-state index < -0.39 is 6.04 Å². The first kappa shape index (κ1) is 13.8. The van der Waals surface area contributed by atoms with Crippen molar-refractivity contribution in [2.24, 2.45) is 0 Å². The zero-order valence-electron chi connectivity index (χ0n) is 10.5. The number of hydrogen-bond acceptors (Lipinski definition) is 2. The van der Waals surface area contributed by atoms with Crippen LogP contribution < -0.4 is 5.32 Å². The standard InChI is InChI=1S/C15H15ClFNO/c1-10-3-2-4-12(7-10)18-15(9-19)13-8-11(16)5-6-14(13)17/h2-8,15,18-19H,9H2,1H3. The van der Waals surface area contributed by atoms with Crippen molar-refractivity contribution in [3.63, 3.8) is 0 Å². The molecule has 19 heavy (non-hydrogen) atoms. The molecule has 100 valence electrons. The van der Waals surface area contributed by atoms with Crippen LogP contribution in [0.1, 0.15) is 17.2 Å². The highest BCUT2D eigenvalue weighted by atomic mass is 35.5. The second-order valence-electron chi connectivity index (χ2n) is 4.41. The zero-order valence-corrected chi connectivity index (χ0v) is 11.3. The summed E-state index contributed by atoms with van der Waals surface area (Å²) in [4.78, 5) is 0. The number of halogens is 2. The summed E-state index contributed by atoms with van der Waals surface area (Å²) in [6.45, 7) is 1.75. The first-order valence-corrected chi connectivity index (χ1v) is 6.37. The lowest BCUT2D eigenvalue weighted by Gasteiger charge is -2.19. The van der Waals surface area contributed by atoms with E-state index in [4.69, 9.17) is 11.6 Å². The molecule has 0 saturated heterocycles. The van der Waals surface area contributed by atoms with Gasteiger partial charge in [-0.1, -0.05) is 23.7 Å². The van der Waals surface area contributed by atoms with Crippen LogP contribution in [0.25, 0.3) is 0 Å². The van der Waals surface area contributed by atoms with E-state index in [0.29, 0.717) is 10.6 Å².